The molecule has 0 bridgehead atoms. The maximum Gasteiger partial charge on any atom is 0.0713 e. The van der Waals surface area contributed by atoms with Crippen molar-refractivity contribution in [3.8, 4) is 11.1 Å². The smallest absolute Gasteiger partial charge is 0.0622 e. The zero-order valence-electron chi connectivity index (χ0n) is 18.8. The van der Waals surface area contributed by atoms with Crippen molar-refractivity contribution in [1.82, 2.24) is 0 Å². The van der Waals surface area contributed by atoms with Gasteiger partial charge >= 0.3 is 0 Å². The minimum absolute atomic E-state index is 0.327. The Labute approximate surface area is 196 Å². The summed E-state index contributed by atoms with van der Waals surface area (Å²) in [6, 6.07) is 46.9. The first-order valence-corrected chi connectivity index (χ1v) is 11.7. The molecule has 1 aliphatic rings. The summed E-state index contributed by atoms with van der Waals surface area (Å²) in [4.78, 5) is 0. The zero-order valence-corrected chi connectivity index (χ0v) is 18.8. The topological polar surface area (TPSA) is 0 Å². The molecule has 0 amide bonds. The molecule has 5 aromatic rings. The molecule has 0 aliphatic heterocycles. The fourth-order valence-electron chi connectivity index (χ4n) is 5.65. The van der Waals surface area contributed by atoms with Gasteiger partial charge in [0, 0.05) is 0 Å². The van der Waals surface area contributed by atoms with Gasteiger partial charge in [0.25, 0.3) is 0 Å². The summed E-state index contributed by atoms with van der Waals surface area (Å²) >= 11 is 0. The summed E-state index contributed by atoms with van der Waals surface area (Å²) in [6.07, 6.45) is 0.932. The number of aryl methyl sites for hydroxylation is 1. The Bertz CT molecular complexity index is 1400. The van der Waals surface area contributed by atoms with Crippen LogP contribution in [-0.4, -0.2) is 0 Å². The predicted octanol–water partition coefficient (Wildman–Crippen LogP) is 7.95. The van der Waals surface area contributed by atoms with Gasteiger partial charge in [-0.25, -0.2) is 0 Å². The van der Waals surface area contributed by atoms with Crippen LogP contribution in [0.2, 0.25) is 0 Å². The molecule has 0 nitrogen and oxygen atoms in total. The Morgan fingerprint density at radius 3 is 1.70 bits per heavy atom. The van der Waals surface area contributed by atoms with Gasteiger partial charge in [-0.15, -0.1) is 0 Å². The summed E-state index contributed by atoms with van der Waals surface area (Å²) in [7, 11) is 0. The lowest BCUT2D eigenvalue weighted by Gasteiger charge is -2.34. The van der Waals surface area contributed by atoms with Crippen LogP contribution in [0.5, 0.6) is 0 Å². The second-order valence-corrected chi connectivity index (χ2v) is 9.07. The molecule has 0 heterocycles. The van der Waals surface area contributed by atoms with Gasteiger partial charge in [-0.1, -0.05) is 133 Å². The number of rotatable bonds is 4. The van der Waals surface area contributed by atoms with E-state index in [1.165, 1.54) is 50.1 Å². The van der Waals surface area contributed by atoms with Crippen molar-refractivity contribution < 1.29 is 0 Å². The van der Waals surface area contributed by atoms with Crippen molar-refractivity contribution in [2.45, 2.75) is 18.8 Å². The van der Waals surface area contributed by atoms with Crippen molar-refractivity contribution >= 4 is 0 Å². The Morgan fingerprint density at radius 1 is 0.485 bits per heavy atom. The molecule has 33 heavy (non-hydrogen) atoms. The van der Waals surface area contributed by atoms with Crippen LogP contribution in [0, 0.1) is 6.92 Å². The number of hydrogen-bond donors (Lipinski definition) is 0. The van der Waals surface area contributed by atoms with Crippen molar-refractivity contribution in [1.29, 1.82) is 0 Å². The molecule has 0 aromatic heterocycles. The van der Waals surface area contributed by atoms with Crippen LogP contribution >= 0.6 is 0 Å². The number of benzene rings is 5. The molecule has 0 heteroatoms. The predicted molar refractivity (Wildman–Crippen MR) is 138 cm³/mol. The summed E-state index contributed by atoms with van der Waals surface area (Å²) < 4.78 is 0. The lowest BCUT2D eigenvalue weighted by atomic mass is 9.67. The van der Waals surface area contributed by atoms with Gasteiger partial charge in [0.1, 0.15) is 0 Å². The quantitative estimate of drug-likeness (QED) is 0.270. The number of fused-ring (bicyclic) bond motifs is 3. The molecule has 158 valence electrons. The third-order valence-electron chi connectivity index (χ3n) is 7.01. The third kappa shape index (κ3) is 3.14. The van der Waals surface area contributed by atoms with Gasteiger partial charge in [-0.3, -0.25) is 0 Å². The van der Waals surface area contributed by atoms with Gasteiger partial charge in [-0.05, 0) is 57.9 Å². The molecule has 0 unspecified atom stereocenters. The Balaban J connectivity index is 1.64. The molecule has 0 saturated carbocycles. The molecule has 0 radical (unpaired) electrons. The van der Waals surface area contributed by atoms with Crippen molar-refractivity contribution in [2.75, 3.05) is 0 Å². The van der Waals surface area contributed by atoms with Crippen LogP contribution in [0.3, 0.4) is 0 Å². The molecule has 0 saturated heterocycles. The van der Waals surface area contributed by atoms with Gasteiger partial charge in [-0.2, -0.15) is 0 Å². The monoisotopic (exact) mass is 422 g/mol. The van der Waals surface area contributed by atoms with Crippen LogP contribution < -0.4 is 0 Å². The van der Waals surface area contributed by atoms with E-state index in [1.54, 1.807) is 0 Å². The van der Waals surface area contributed by atoms with Crippen molar-refractivity contribution in [2.24, 2.45) is 0 Å². The van der Waals surface area contributed by atoms with Crippen LogP contribution in [0.4, 0.5) is 0 Å². The van der Waals surface area contributed by atoms with E-state index in [1.807, 2.05) is 0 Å². The minimum Gasteiger partial charge on any atom is -0.0622 e. The standard InChI is InChI=1S/C33H26/c1-24-11-9-15-27(21-24)33(28-16-10-14-26(23-28)22-25-12-3-2-4-13-25)31-19-7-5-17-29(31)30-18-6-8-20-32(30)33/h2-21,23H,22H2,1H3. The number of hydrogen-bond acceptors (Lipinski definition) is 0. The maximum absolute atomic E-state index is 2.42. The van der Waals surface area contributed by atoms with Crippen molar-refractivity contribution in [3.05, 3.63) is 166 Å². The highest BCUT2D eigenvalue weighted by atomic mass is 14.5. The van der Waals surface area contributed by atoms with Crippen LogP contribution in [0.15, 0.2) is 127 Å². The molecule has 0 spiro atoms. The highest BCUT2D eigenvalue weighted by Crippen LogP contribution is 2.56. The second kappa shape index (κ2) is 7.90. The summed E-state index contributed by atoms with van der Waals surface area (Å²) in [5, 5.41) is 0. The van der Waals surface area contributed by atoms with Gasteiger partial charge < -0.3 is 0 Å². The largest absolute Gasteiger partial charge is 0.0713 e. The maximum atomic E-state index is 2.42. The Kier molecular flexibility index (Phi) is 4.73. The van der Waals surface area contributed by atoms with Gasteiger partial charge in [0.2, 0.25) is 0 Å². The molecular weight excluding hydrogens is 396 g/mol. The van der Waals surface area contributed by atoms with E-state index in [9.17, 15) is 0 Å². The van der Waals surface area contributed by atoms with E-state index in [0.29, 0.717) is 0 Å². The normalized spacial score (nSPS) is 13.4. The average molecular weight is 423 g/mol. The SMILES string of the molecule is Cc1cccc(C2(c3cccc(Cc4ccccc4)c3)c3ccccc3-c3ccccc32)c1. The van der Waals surface area contributed by atoms with Crippen LogP contribution in [0.1, 0.15) is 38.9 Å². The fraction of sp³-hybridized carbons (Fsp3) is 0.0909. The van der Waals surface area contributed by atoms with Gasteiger partial charge in [0.15, 0.2) is 0 Å². The van der Waals surface area contributed by atoms with Crippen LogP contribution in [0.25, 0.3) is 11.1 Å². The van der Waals surface area contributed by atoms with E-state index < -0.39 is 0 Å². The molecule has 6 rings (SSSR count). The minimum atomic E-state index is -0.327. The Morgan fingerprint density at radius 2 is 1.03 bits per heavy atom. The summed E-state index contributed by atoms with van der Waals surface area (Å²) in [5.74, 6) is 0. The first-order chi connectivity index (χ1) is 16.3. The molecular formula is C33H26. The molecule has 0 atom stereocenters. The molecule has 5 aromatic carbocycles. The van der Waals surface area contributed by atoms with E-state index in [4.69, 9.17) is 0 Å². The average Bonchev–Trinajstić information content (AvgIpc) is 3.16. The van der Waals surface area contributed by atoms with Crippen LogP contribution in [-0.2, 0) is 11.8 Å². The highest BCUT2D eigenvalue weighted by molar-refractivity contribution is 5.86. The highest BCUT2D eigenvalue weighted by Gasteiger charge is 2.45. The Hall–Kier alpha value is -3.90. The van der Waals surface area contributed by atoms with Crippen molar-refractivity contribution in [3.63, 3.8) is 0 Å². The van der Waals surface area contributed by atoms with E-state index in [-0.39, 0.29) is 5.41 Å². The van der Waals surface area contributed by atoms with E-state index in [2.05, 4.69) is 134 Å². The lowest BCUT2D eigenvalue weighted by molar-refractivity contribution is 0.765. The first-order valence-electron chi connectivity index (χ1n) is 11.7. The molecule has 1 aliphatic carbocycles. The lowest BCUT2D eigenvalue weighted by Crippen LogP contribution is -2.28. The van der Waals surface area contributed by atoms with Gasteiger partial charge in [0.05, 0.1) is 5.41 Å². The van der Waals surface area contributed by atoms with E-state index in [0.717, 1.165) is 6.42 Å². The second-order valence-electron chi connectivity index (χ2n) is 9.07. The fourth-order valence-corrected chi connectivity index (χ4v) is 5.65. The molecule has 0 N–H and O–H groups in total. The molecule has 0 fully saturated rings. The van der Waals surface area contributed by atoms with E-state index >= 15 is 0 Å². The summed E-state index contributed by atoms with van der Waals surface area (Å²) in [5.41, 5.74) is 11.7. The third-order valence-corrected chi connectivity index (χ3v) is 7.01. The summed E-state index contributed by atoms with van der Waals surface area (Å²) in [6.45, 7) is 2.19. The first kappa shape index (κ1) is 19.8. The zero-order chi connectivity index (χ0) is 22.3.